The number of methoxy groups -OCH3 is 4. The van der Waals surface area contributed by atoms with Gasteiger partial charge in [-0.05, 0) is 24.1 Å². The van der Waals surface area contributed by atoms with Gasteiger partial charge < -0.3 is 29.6 Å². The molecule has 2 N–H and O–H groups in total. The number of urea groups is 1. The number of carbonyl (C=O) groups is 1. The fraction of sp³-hybridized carbons (Fsp3) is 0.316. The van der Waals surface area contributed by atoms with E-state index in [0.717, 1.165) is 11.3 Å². The molecule has 2 amide bonds. The van der Waals surface area contributed by atoms with Gasteiger partial charge in [-0.1, -0.05) is 12.1 Å². The van der Waals surface area contributed by atoms with Crippen LogP contribution in [-0.4, -0.2) is 41.0 Å². The molecule has 0 aliphatic carbocycles. The number of ether oxygens (including phenoxy) is 4. The molecule has 0 bridgehead atoms. The number of anilines is 1. The van der Waals surface area contributed by atoms with Crippen molar-refractivity contribution in [3.63, 3.8) is 0 Å². The van der Waals surface area contributed by atoms with E-state index in [1.54, 1.807) is 19.2 Å². The van der Waals surface area contributed by atoms with E-state index in [-0.39, 0.29) is 6.03 Å². The standard InChI is InChI=1S/C19H24N2O5/c1-23-15-7-5-13(6-8-15)9-10-20-19(22)21-14-11-16(24-2)18(26-4)17(12-14)25-3/h5-8,11-12H,9-10H2,1-4H3,(H2,20,21,22). The Morgan fingerprint density at radius 3 is 2.00 bits per heavy atom. The number of benzene rings is 2. The number of amides is 2. The first kappa shape index (κ1) is 19.2. The van der Waals surface area contributed by atoms with Crippen LogP contribution in [0.2, 0.25) is 0 Å². The van der Waals surface area contributed by atoms with Crippen LogP contribution in [0.5, 0.6) is 23.0 Å². The second kappa shape index (κ2) is 9.41. The summed E-state index contributed by atoms with van der Waals surface area (Å²) in [5, 5.41) is 5.58. The van der Waals surface area contributed by atoms with Crippen LogP contribution in [0.15, 0.2) is 36.4 Å². The van der Waals surface area contributed by atoms with Crippen molar-refractivity contribution < 1.29 is 23.7 Å². The maximum absolute atomic E-state index is 12.1. The summed E-state index contributed by atoms with van der Waals surface area (Å²) in [6, 6.07) is 10.8. The molecule has 2 aromatic carbocycles. The SMILES string of the molecule is COc1ccc(CCNC(=O)Nc2cc(OC)c(OC)c(OC)c2)cc1. The summed E-state index contributed by atoms with van der Waals surface area (Å²) in [6.45, 7) is 0.503. The molecule has 0 radical (unpaired) electrons. The molecule has 0 atom stereocenters. The second-order valence-electron chi connectivity index (χ2n) is 5.39. The zero-order valence-electron chi connectivity index (χ0n) is 15.4. The molecule has 0 fully saturated rings. The Balaban J connectivity index is 1.92. The molecule has 0 aromatic heterocycles. The highest BCUT2D eigenvalue weighted by atomic mass is 16.5. The van der Waals surface area contributed by atoms with Gasteiger partial charge in [-0.2, -0.15) is 0 Å². The Bertz CT molecular complexity index is 706. The third-order valence-corrected chi connectivity index (χ3v) is 3.78. The number of hydrogen-bond acceptors (Lipinski definition) is 5. The monoisotopic (exact) mass is 360 g/mol. The lowest BCUT2D eigenvalue weighted by molar-refractivity contribution is 0.252. The van der Waals surface area contributed by atoms with Gasteiger partial charge in [0, 0.05) is 18.7 Å². The quantitative estimate of drug-likeness (QED) is 0.756. The third-order valence-electron chi connectivity index (χ3n) is 3.78. The van der Waals surface area contributed by atoms with Crippen LogP contribution < -0.4 is 29.6 Å². The van der Waals surface area contributed by atoms with Crippen LogP contribution in [0.1, 0.15) is 5.56 Å². The van der Waals surface area contributed by atoms with Crippen LogP contribution in [0.25, 0.3) is 0 Å². The van der Waals surface area contributed by atoms with Crippen LogP contribution >= 0.6 is 0 Å². The van der Waals surface area contributed by atoms with E-state index >= 15 is 0 Å². The predicted molar refractivity (Wildman–Crippen MR) is 99.8 cm³/mol. The molecule has 140 valence electrons. The van der Waals surface area contributed by atoms with E-state index in [1.165, 1.54) is 21.3 Å². The summed E-state index contributed by atoms with van der Waals surface area (Å²) in [7, 11) is 6.20. The topological polar surface area (TPSA) is 78.1 Å². The minimum Gasteiger partial charge on any atom is -0.497 e. The van der Waals surface area contributed by atoms with Gasteiger partial charge in [-0.15, -0.1) is 0 Å². The highest BCUT2D eigenvalue weighted by molar-refractivity contribution is 5.90. The zero-order chi connectivity index (χ0) is 18.9. The van der Waals surface area contributed by atoms with Gasteiger partial charge in [0.25, 0.3) is 0 Å². The summed E-state index contributed by atoms with van der Waals surface area (Å²) in [5.41, 5.74) is 1.65. The van der Waals surface area contributed by atoms with Crippen molar-refractivity contribution in [1.82, 2.24) is 5.32 Å². The van der Waals surface area contributed by atoms with Crippen LogP contribution in [-0.2, 0) is 6.42 Å². The van der Waals surface area contributed by atoms with Crippen molar-refractivity contribution in [2.45, 2.75) is 6.42 Å². The molecule has 7 nitrogen and oxygen atoms in total. The van der Waals surface area contributed by atoms with E-state index in [4.69, 9.17) is 18.9 Å². The van der Waals surface area contributed by atoms with Gasteiger partial charge in [-0.3, -0.25) is 0 Å². The number of hydrogen-bond donors (Lipinski definition) is 2. The summed E-state index contributed by atoms with van der Waals surface area (Å²) >= 11 is 0. The minimum absolute atomic E-state index is 0.312. The molecule has 2 rings (SSSR count). The van der Waals surface area contributed by atoms with Crippen LogP contribution in [0.4, 0.5) is 10.5 Å². The third kappa shape index (κ3) is 4.95. The Labute approximate surface area is 153 Å². The van der Waals surface area contributed by atoms with Gasteiger partial charge in [-0.25, -0.2) is 4.79 Å². The van der Waals surface area contributed by atoms with Crippen molar-refractivity contribution in [1.29, 1.82) is 0 Å². The molecule has 7 heteroatoms. The fourth-order valence-corrected chi connectivity index (χ4v) is 2.44. The molecule has 0 saturated heterocycles. The highest BCUT2D eigenvalue weighted by Crippen LogP contribution is 2.39. The first-order valence-corrected chi connectivity index (χ1v) is 8.09. The second-order valence-corrected chi connectivity index (χ2v) is 5.39. The zero-order valence-corrected chi connectivity index (χ0v) is 15.4. The Morgan fingerprint density at radius 1 is 0.885 bits per heavy atom. The lowest BCUT2D eigenvalue weighted by Gasteiger charge is -2.15. The maximum atomic E-state index is 12.1. The molecular formula is C19H24N2O5. The largest absolute Gasteiger partial charge is 0.497 e. The summed E-state index contributed by atoms with van der Waals surface area (Å²) in [5.74, 6) is 2.23. The maximum Gasteiger partial charge on any atom is 0.319 e. The molecule has 26 heavy (non-hydrogen) atoms. The molecule has 2 aromatic rings. The van der Waals surface area contributed by atoms with Crippen molar-refractivity contribution in [2.75, 3.05) is 40.3 Å². The first-order valence-electron chi connectivity index (χ1n) is 8.09. The van der Waals surface area contributed by atoms with E-state index < -0.39 is 0 Å². The molecule has 0 unspecified atom stereocenters. The summed E-state index contributed by atoms with van der Waals surface area (Å²) in [6.07, 6.45) is 0.715. The van der Waals surface area contributed by atoms with Crippen LogP contribution in [0, 0.1) is 0 Å². The van der Waals surface area contributed by atoms with E-state index in [9.17, 15) is 4.79 Å². The van der Waals surface area contributed by atoms with Gasteiger partial charge in [0.2, 0.25) is 5.75 Å². The molecule has 0 heterocycles. The minimum atomic E-state index is -0.312. The Morgan fingerprint density at radius 2 is 1.50 bits per heavy atom. The first-order chi connectivity index (χ1) is 12.6. The van der Waals surface area contributed by atoms with Crippen molar-refractivity contribution in [2.24, 2.45) is 0 Å². The van der Waals surface area contributed by atoms with Gasteiger partial charge >= 0.3 is 6.03 Å². The van der Waals surface area contributed by atoms with E-state index in [0.29, 0.717) is 35.9 Å². The Kier molecular flexibility index (Phi) is 6.96. The van der Waals surface area contributed by atoms with Crippen LogP contribution in [0.3, 0.4) is 0 Å². The van der Waals surface area contributed by atoms with Gasteiger partial charge in [0.1, 0.15) is 5.75 Å². The predicted octanol–water partition coefficient (Wildman–Crippen LogP) is 3.09. The highest BCUT2D eigenvalue weighted by Gasteiger charge is 2.14. The summed E-state index contributed by atoms with van der Waals surface area (Å²) in [4.78, 5) is 12.1. The molecule has 0 aliphatic heterocycles. The number of carbonyl (C=O) groups excluding carboxylic acids is 1. The normalized spacial score (nSPS) is 10.0. The average Bonchev–Trinajstić information content (AvgIpc) is 2.67. The fourth-order valence-electron chi connectivity index (χ4n) is 2.44. The molecule has 0 aliphatic rings. The average molecular weight is 360 g/mol. The smallest absolute Gasteiger partial charge is 0.319 e. The van der Waals surface area contributed by atoms with Gasteiger partial charge in [0.05, 0.1) is 34.1 Å². The summed E-state index contributed by atoms with van der Waals surface area (Å²) < 4.78 is 20.9. The van der Waals surface area contributed by atoms with Crippen molar-refractivity contribution in [3.05, 3.63) is 42.0 Å². The lowest BCUT2D eigenvalue weighted by Crippen LogP contribution is -2.30. The Hall–Kier alpha value is -3.09. The lowest BCUT2D eigenvalue weighted by atomic mass is 10.1. The van der Waals surface area contributed by atoms with Gasteiger partial charge in [0.15, 0.2) is 11.5 Å². The van der Waals surface area contributed by atoms with E-state index in [2.05, 4.69) is 10.6 Å². The molecular weight excluding hydrogens is 336 g/mol. The van der Waals surface area contributed by atoms with Crippen molar-refractivity contribution in [3.8, 4) is 23.0 Å². The molecule has 0 saturated carbocycles. The number of rotatable bonds is 8. The van der Waals surface area contributed by atoms with E-state index in [1.807, 2.05) is 24.3 Å². The number of nitrogens with one attached hydrogen (secondary N) is 2. The van der Waals surface area contributed by atoms with Crippen molar-refractivity contribution >= 4 is 11.7 Å². The molecule has 0 spiro atoms.